The first-order chi connectivity index (χ1) is 35.8. The Kier molecular flexibility index (Phi) is 58.4. The van der Waals surface area contributed by atoms with E-state index in [1.165, 1.54) is 270 Å². The fourth-order valence-corrected chi connectivity index (χ4v) is 10.4. The van der Waals surface area contributed by atoms with Crippen molar-refractivity contribution >= 4 is 17.9 Å². The molecule has 0 bridgehead atoms. The van der Waals surface area contributed by atoms with Crippen molar-refractivity contribution in [3.8, 4) is 0 Å². The molecule has 0 aromatic heterocycles. The van der Waals surface area contributed by atoms with Gasteiger partial charge in [0.25, 0.3) is 0 Å². The van der Waals surface area contributed by atoms with Crippen molar-refractivity contribution in [2.24, 2.45) is 11.8 Å². The summed E-state index contributed by atoms with van der Waals surface area (Å²) in [6.07, 6.45) is 66.8. The molecule has 434 valence electrons. The summed E-state index contributed by atoms with van der Waals surface area (Å²) in [6.45, 7) is 11.5. The summed E-state index contributed by atoms with van der Waals surface area (Å²) in [6, 6.07) is 0. The van der Waals surface area contributed by atoms with Gasteiger partial charge in [0.1, 0.15) is 13.2 Å². The van der Waals surface area contributed by atoms with Crippen molar-refractivity contribution in [3.05, 3.63) is 0 Å². The predicted octanol–water partition coefficient (Wildman–Crippen LogP) is 22.4. The number of carbonyl (C=O) groups is 3. The van der Waals surface area contributed by atoms with E-state index in [4.69, 9.17) is 14.2 Å². The SMILES string of the molecule is CCCCCCCCCCCCCCC(=O)OC[C@@H](COC(=O)CCCCCCCCCCCCCCCCCCCCC(C)C)OC(=O)CCCCCCCCCCCCCCCCCCCCC(C)CC. The van der Waals surface area contributed by atoms with Crippen LogP contribution in [0.3, 0.4) is 0 Å². The van der Waals surface area contributed by atoms with Crippen LogP contribution in [0.1, 0.15) is 381 Å². The summed E-state index contributed by atoms with van der Waals surface area (Å²) in [5.41, 5.74) is 0. The van der Waals surface area contributed by atoms with E-state index in [-0.39, 0.29) is 31.1 Å². The highest BCUT2D eigenvalue weighted by Gasteiger charge is 2.19. The zero-order valence-corrected chi connectivity index (χ0v) is 50.3. The molecule has 2 atom stereocenters. The Morgan fingerprint density at radius 1 is 0.288 bits per heavy atom. The molecule has 0 saturated heterocycles. The molecule has 0 aromatic rings. The lowest BCUT2D eigenvalue weighted by molar-refractivity contribution is -0.167. The lowest BCUT2D eigenvalue weighted by Gasteiger charge is -2.18. The molecule has 0 radical (unpaired) electrons. The number of esters is 3. The van der Waals surface area contributed by atoms with E-state index in [2.05, 4.69) is 34.6 Å². The van der Waals surface area contributed by atoms with Crippen LogP contribution in [0.5, 0.6) is 0 Å². The topological polar surface area (TPSA) is 78.9 Å². The zero-order valence-electron chi connectivity index (χ0n) is 50.3. The van der Waals surface area contributed by atoms with Gasteiger partial charge in [-0.25, -0.2) is 0 Å². The molecular formula is C67H130O6. The normalized spacial score (nSPS) is 12.4. The first-order valence-electron chi connectivity index (χ1n) is 33.3. The smallest absolute Gasteiger partial charge is 0.306 e. The fraction of sp³-hybridized carbons (Fsp3) is 0.955. The highest BCUT2D eigenvalue weighted by molar-refractivity contribution is 5.71. The summed E-state index contributed by atoms with van der Waals surface area (Å²) in [5.74, 6) is 0.939. The minimum absolute atomic E-state index is 0.0615. The molecule has 6 heteroatoms. The highest BCUT2D eigenvalue weighted by Crippen LogP contribution is 2.20. The van der Waals surface area contributed by atoms with Gasteiger partial charge < -0.3 is 14.2 Å². The van der Waals surface area contributed by atoms with Crippen molar-refractivity contribution in [2.45, 2.75) is 387 Å². The molecule has 0 N–H and O–H groups in total. The average molecular weight is 1030 g/mol. The number of carbonyl (C=O) groups excluding carboxylic acids is 3. The molecule has 0 aliphatic rings. The molecule has 0 aliphatic carbocycles. The minimum Gasteiger partial charge on any atom is -0.462 e. The molecule has 0 aromatic carbocycles. The van der Waals surface area contributed by atoms with Crippen LogP contribution in [0.2, 0.25) is 0 Å². The molecule has 0 fully saturated rings. The molecule has 0 heterocycles. The first kappa shape index (κ1) is 71.4. The Morgan fingerprint density at radius 2 is 0.521 bits per heavy atom. The van der Waals surface area contributed by atoms with Gasteiger partial charge in [0.15, 0.2) is 6.10 Å². The van der Waals surface area contributed by atoms with Crippen molar-refractivity contribution in [2.75, 3.05) is 13.2 Å². The minimum atomic E-state index is -0.763. The zero-order chi connectivity index (χ0) is 53.2. The summed E-state index contributed by atoms with van der Waals surface area (Å²) in [4.78, 5) is 38.3. The van der Waals surface area contributed by atoms with Crippen molar-refractivity contribution in [1.82, 2.24) is 0 Å². The third-order valence-corrected chi connectivity index (χ3v) is 15.8. The van der Waals surface area contributed by atoms with E-state index in [0.717, 1.165) is 69.6 Å². The van der Waals surface area contributed by atoms with Crippen molar-refractivity contribution < 1.29 is 28.6 Å². The Morgan fingerprint density at radius 3 is 0.781 bits per heavy atom. The average Bonchev–Trinajstić information content (AvgIpc) is 3.38. The van der Waals surface area contributed by atoms with Gasteiger partial charge in [0, 0.05) is 19.3 Å². The number of hydrogen-bond donors (Lipinski definition) is 0. The van der Waals surface area contributed by atoms with Crippen LogP contribution in [0.4, 0.5) is 0 Å². The van der Waals surface area contributed by atoms with Gasteiger partial charge in [-0.2, -0.15) is 0 Å². The molecule has 0 amide bonds. The van der Waals surface area contributed by atoms with Crippen LogP contribution in [0.25, 0.3) is 0 Å². The third-order valence-electron chi connectivity index (χ3n) is 15.8. The van der Waals surface area contributed by atoms with E-state index in [9.17, 15) is 14.4 Å². The number of ether oxygens (including phenoxy) is 3. The number of rotatable bonds is 61. The quantitative estimate of drug-likeness (QED) is 0.0343. The van der Waals surface area contributed by atoms with Crippen LogP contribution in [0, 0.1) is 11.8 Å². The van der Waals surface area contributed by atoms with E-state index in [0.29, 0.717) is 19.3 Å². The van der Waals surface area contributed by atoms with Crippen LogP contribution in [-0.4, -0.2) is 37.2 Å². The van der Waals surface area contributed by atoms with E-state index in [1.54, 1.807) is 0 Å². The monoisotopic (exact) mass is 1030 g/mol. The van der Waals surface area contributed by atoms with Gasteiger partial charge in [-0.3, -0.25) is 14.4 Å². The van der Waals surface area contributed by atoms with Gasteiger partial charge >= 0.3 is 17.9 Å². The molecule has 1 unspecified atom stereocenters. The largest absolute Gasteiger partial charge is 0.462 e. The molecule has 73 heavy (non-hydrogen) atoms. The number of hydrogen-bond acceptors (Lipinski definition) is 6. The predicted molar refractivity (Wildman–Crippen MR) is 316 cm³/mol. The maximum atomic E-state index is 12.9. The Balaban J connectivity index is 4.22. The molecular weight excluding hydrogens is 901 g/mol. The fourth-order valence-electron chi connectivity index (χ4n) is 10.4. The standard InChI is InChI=1S/C67H130O6/c1-6-8-9-10-11-12-13-32-37-42-47-52-57-65(68)71-60-64(61-72-66(69)58-53-48-43-38-33-28-24-20-16-14-18-22-26-30-35-40-45-50-55-62(3)4)73-67(70)59-54-49-44-39-34-29-25-21-17-15-19-23-27-31-36-41-46-51-56-63(5)7-2/h62-64H,6-61H2,1-5H3/t63?,64-/m0/s1. The summed E-state index contributed by atoms with van der Waals surface area (Å²) >= 11 is 0. The van der Waals surface area contributed by atoms with E-state index < -0.39 is 6.10 Å². The van der Waals surface area contributed by atoms with Crippen molar-refractivity contribution in [1.29, 1.82) is 0 Å². The second-order valence-corrected chi connectivity index (χ2v) is 23.8. The van der Waals surface area contributed by atoms with Gasteiger partial charge in [-0.1, -0.05) is 343 Å². The first-order valence-corrected chi connectivity index (χ1v) is 33.3. The highest BCUT2D eigenvalue weighted by atomic mass is 16.6. The molecule has 0 aliphatic heterocycles. The van der Waals surface area contributed by atoms with Crippen LogP contribution >= 0.6 is 0 Å². The van der Waals surface area contributed by atoms with E-state index >= 15 is 0 Å². The maximum absolute atomic E-state index is 12.9. The summed E-state index contributed by atoms with van der Waals surface area (Å²) < 4.78 is 17.0. The maximum Gasteiger partial charge on any atom is 0.306 e. The van der Waals surface area contributed by atoms with Crippen LogP contribution in [-0.2, 0) is 28.6 Å². The molecule has 0 rings (SSSR count). The molecule has 6 nitrogen and oxygen atoms in total. The summed E-state index contributed by atoms with van der Waals surface area (Å²) in [7, 11) is 0. The van der Waals surface area contributed by atoms with Crippen LogP contribution in [0.15, 0.2) is 0 Å². The van der Waals surface area contributed by atoms with E-state index in [1.807, 2.05) is 0 Å². The number of unbranched alkanes of at least 4 members (excludes halogenated alkanes) is 45. The second kappa shape index (κ2) is 59.7. The van der Waals surface area contributed by atoms with Gasteiger partial charge in [0.05, 0.1) is 0 Å². The van der Waals surface area contributed by atoms with Crippen molar-refractivity contribution in [3.63, 3.8) is 0 Å². The summed E-state index contributed by atoms with van der Waals surface area (Å²) in [5, 5.41) is 0. The lowest BCUT2D eigenvalue weighted by atomic mass is 9.99. The molecule has 0 saturated carbocycles. The van der Waals surface area contributed by atoms with Gasteiger partial charge in [0.2, 0.25) is 0 Å². The molecule has 0 spiro atoms. The second-order valence-electron chi connectivity index (χ2n) is 23.8. The third kappa shape index (κ3) is 59.5. The Hall–Kier alpha value is -1.59. The lowest BCUT2D eigenvalue weighted by Crippen LogP contribution is -2.30. The Labute approximate surface area is 457 Å². The Bertz CT molecular complexity index is 1120. The van der Waals surface area contributed by atoms with Crippen LogP contribution < -0.4 is 0 Å². The van der Waals surface area contributed by atoms with Gasteiger partial charge in [-0.15, -0.1) is 0 Å². The van der Waals surface area contributed by atoms with Gasteiger partial charge in [-0.05, 0) is 31.1 Å².